The molecule has 0 radical (unpaired) electrons. The van der Waals surface area contributed by atoms with E-state index in [4.69, 9.17) is 9.84 Å². The zero-order chi connectivity index (χ0) is 16.0. The van der Waals surface area contributed by atoms with Gasteiger partial charge in [-0.3, -0.25) is 0 Å². The van der Waals surface area contributed by atoms with E-state index in [0.29, 0.717) is 17.7 Å². The van der Waals surface area contributed by atoms with Crippen molar-refractivity contribution in [1.82, 2.24) is 0 Å². The van der Waals surface area contributed by atoms with Gasteiger partial charge >= 0.3 is 0 Å². The maximum Gasteiger partial charge on any atom is 0.165 e. The molecule has 2 N–H and O–H groups in total. The van der Waals surface area contributed by atoms with E-state index in [2.05, 4.69) is 11.8 Å². The summed E-state index contributed by atoms with van der Waals surface area (Å²) in [5, 5.41) is 19.0. The summed E-state index contributed by atoms with van der Waals surface area (Å²) in [4.78, 5) is 0. The zero-order valence-electron chi connectivity index (χ0n) is 12.2. The molecule has 0 aliphatic heterocycles. The van der Waals surface area contributed by atoms with Gasteiger partial charge in [0.15, 0.2) is 11.6 Å². The molecule has 0 bridgehead atoms. The van der Waals surface area contributed by atoms with Gasteiger partial charge < -0.3 is 14.9 Å². The van der Waals surface area contributed by atoms with Crippen LogP contribution in [-0.4, -0.2) is 16.8 Å². The van der Waals surface area contributed by atoms with Crippen LogP contribution in [0.5, 0.6) is 11.5 Å². The van der Waals surface area contributed by atoms with Crippen LogP contribution in [0.1, 0.15) is 18.9 Å². The first kappa shape index (κ1) is 16.0. The van der Waals surface area contributed by atoms with Crippen LogP contribution in [0.15, 0.2) is 48.5 Å². The quantitative estimate of drug-likeness (QED) is 0.852. The number of aliphatic hydroxyl groups is 2. The van der Waals surface area contributed by atoms with Crippen molar-refractivity contribution in [3.05, 3.63) is 59.9 Å². The van der Waals surface area contributed by atoms with Crippen molar-refractivity contribution in [3.8, 4) is 23.3 Å². The fourth-order valence-corrected chi connectivity index (χ4v) is 1.86. The highest BCUT2D eigenvalue weighted by Gasteiger charge is 2.19. The minimum Gasteiger partial charge on any atom is -0.454 e. The second-order valence-electron chi connectivity index (χ2n) is 4.90. The molecule has 2 rings (SSSR count). The average molecular weight is 300 g/mol. The van der Waals surface area contributed by atoms with Crippen LogP contribution in [0.25, 0.3) is 0 Å². The molecule has 2 aromatic rings. The van der Waals surface area contributed by atoms with E-state index < -0.39 is 11.4 Å². The number of para-hydroxylation sites is 1. The number of hydrogen-bond acceptors (Lipinski definition) is 3. The highest BCUT2D eigenvalue weighted by Crippen LogP contribution is 2.27. The minimum atomic E-state index is -1.31. The van der Waals surface area contributed by atoms with Crippen molar-refractivity contribution in [2.45, 2.75) is 18.9 Å². The van der Waals surface area contributed by atoms with Gasteiger partial charge in [-0.05, 0) is 36.8 Å². The smallest absolute Gasteiger partial charge is 0.165 e. The largest absolute Gasteiger partial charge is 0.454 e. The molecule has 0 heterocycles. The third-order valence-electron chi connectivity index (χ3n) is 3.05. The fraction of sp³-hybridized carbons (Fsp3) is 0.222. The summed E-state index contributed by atoms with van der Waals surface area (Å²) < 4.78 is 19.0. The molecule has 1 atom stereocenters. The third kappa shape index (κ3) is 4.08. The van der Waals surface area contributed by atoms with Crippen LogP contribution in [-0.2, 0) is 5.60 Å². The summed E-state index contributed by atoms with van der Waals surface area (Å²) in [5.74, 6) is 5.58. The molecule has 22 heavy (non-hydrogen) atoms. The highest BCUT2D eigenvalue weighted by molar-refractivity contribution is 5.38. The maximum absolute atomic E-state index is 13.5. The predicted molar refractivity (Wildman–Crippen MR) is 82.0 cm³/mol. The normalized spacial score (nSPS) is 12.9. The van der Waals surface area contributed by atoms with Crippen molar-refractivity contribution in [2.75, 3.05) is 6.61 Å². The van der Waals surface area contributed by atoms with E-state index in [9.17, 15) is 9.50 Å². The van der Waals surface area contributed by atoms with Crippen LogP contribution in [0.4, 0.5) is 4.39 Å². The molecule has 0 aromatic heterocycles. The van der Waals surface area contributed by atoms with E-state index in [1.165, 1.54) is 6.07 Å². The van der Waals surface area contributed by atoms with Crippen LogP contribution in [0.2, 0.25) is 0 Å². The Bertz CT molecular complexity index is 681. The van der Waals surface area contributed by atoms with E-state index in [-0.39, 0.29) is 12.4 Å². The van der Waals surface area contributed by atoms with Crippen LogP contribution >= 0.6 is 0 Å². The van der Waals surface area contributed by atoms with Crippen LogP contribution in [0.3, 0.4) is 0 Å². The zero-order valence-corrected chi connectivity index (χ0v) is 12.2. The number of aliphatic hydroxyl groups excluding tert-OH is 1. The van der Waals surface area contributed by atoms with Gasteiger partial charge in [-0.2, -0.15) is 0 Å². The number of halogens is 1. The summed E-state index contributed by atoms with van der Waals surface area (Å²) >= 11 is 0. The van der Waals surface area contributed by atoms with Gasteiger partial charge in [-0.15, -0.1) is 0 Å². The molecule has 0 amide bonds. The van der Waals surface area contributed by atoms with Gasteiger partial charge in [0.25, 0.3) is 0 Å². The van der Waals surface area contributed by atoms with Gasteiger partial charge in [0.05, 0.1) is 6.61 Å². The molecule has 4 heteroatoms. The molecule has 114 valence electrons. The lowest BCUT2D eigenvalue weighted by molar-refractivity contribution is 0.122. The molecular weight excluding hydrogens is 283 g/mol. The summed E-state index contributed by atoms with van der Waals surface area (Å²) in [6.07, 6.45) is 0.310. The Labute approximate surface area is 129 Å². The molecule has 3 nitrogen and oxygen atoms in total. The minimum absolute atomic E-state index is 0.0432. The van der Waals surface area contributed by atoms with Crippen LogP contribution in [0, 0.1) is 17.7 Å². The summed E-state index contributed by atoms with van der Waals surface area (Å²) in [5.41, 5.74) is -0.718. The second kappa shape index (κ2) is 7.08. The number of rotatable bonds is 4. The lowest BCUT2D eigenvalue weighted by Gasteiger charge is -2.17. The molecule has 2 aromatic carbocycles. The van der Waals surface area contributed by atoms with E-state index in [1.54, 1.807) is 49.4 Å². The van der Waals surface area contributed by atoms with Crippen molar-refractivity contribution in [3.63, 3.8) is 0 Å². The van der Waals surface area contributed by atoms with Crippen LogP contribution < -0.4 is 4.74 Å². The summed E-state index contributed by atoms with van der Waals surface area (Å²) in [6.45, 7) is 1.53. The first-order valence-electron chi connectivity index (χ1n) is 6.89. The monoisotopic (exact) mass is 300 g/mol. The lowest BCUT2D eigenvalue weighted by Crippen LogP contribution is -2.18. The second-order valence-corrected chi connectivity index (χ2v) is 4.90. The highest BCUT2D eigenvalue weighted by atomic mass is 19.1. The first-order valence-corrected chi connectivity index (χ1v) is 6.89. The summed E-state index contributed by atoms with van der Waals surface area (Å²) in [7, 11) is 0. The number of hydrogen-bond donors (Lipinski definition) is 2. The van der Waals surface area contributed by atoms with Gasteiger partial charge in [-0.25, -0.2) is 4.39 Å². The Morgan fingerprint density at radius 3 is 2.45 bits per heavy atom. The first-order chi connectivity index (χ1) is 10.5. The Hall–Kier alpha value is -2.35. The van der Waals surface area contributed by atoms with Gasteiger partial charge in [0.1, 0.15) is 11.4 Å². The average Bonchev–Trinajstić information content (AvgIpc) is 2.50. The Balaban J connectivity index is 2.14. The van der Waals surface area contributed by atoms with Crippen molar-refractivity contribution in [1.29, 1.82) is 0 Å². The predicted octanol–water partition coefficient (Wildman–Crippen LogP) is 3.21. The lowest BCUT2D eigenvalue weighted by atomic mass is 9.96. The number of benzene rings is 2. The third-order valence-corrected chi connectivity index (χ3v) is 3.05. The van der Waals surface area contributed by atoms with E-state index >= 15 is 0 Å². The van der Waals surface area contributed by atoms with Gasteiger partial charge in [0.2, 0.25) is 0 Å². The van der Waals surface area contributed by atoms with Gasteiger partial charge in [-0.1, -0.05) is 36.1 Å². The molecule has 0 spiro atoms. The Morgan fingerprint density at radius 2 is 1.82 bits per heavy atom. The molecule has 0 saturated carbocycles. The molecule has 0 fully saturated rings. The van der Waals surface area contributed by atoms with Gasteiger partial charge in [0, 0.05) is 6.42 Å². The summed E-state index contributed by atoms with van der Waals surface area (Å²) in [6, 6.07) is 12.8. The number of ether oxygens (including phenoxy) is 1. The van der Waals surface area contributed by atoms with Crippen molar-refractivity contribution < 1.29 is 19.3 Å². The van der Waals surface area contributed by atoms with Crippen molar-refractivity contribution in [2.24, 2.45) is 0 Å². The SMILES string of the molecule is CC(O)(C#CCCO)c1ccc(Oc2ccccc2F)cc1. The molecule has 1 unspecified atom stereocenters. The molecule has 0 aliphatic rings. The maximum atomic E-state index is 13.5. The molecule has 0 aliphatic carbocycles. The Morgan fingerprint density at radius 1 is 1.14 bits per heavy atom. The topological polar surface area (TPSA) is 49.7 Å². The van der Waals surface area contributed by atoms with E-state index in [0.717, 1.165) is 0 Å². The Kier molecular flexibility index (Phi) is 5.16. The fourth-order valence-electron chi connectivity index (χ4n) is 1.86. The van der Waals surface area contributed by atoms with E-state index in [1.807, 2.05) is 0 Å². The molecule has 0 saturated heterocycles. The van der Waals surface area contributed by atoms with Crippen molar-refractivity contribution >= 4 is 0 Å². The standard InChI is InChI=1S/C18H17FO3/c1-18(21,12-4-5-13-20)14-8-10-15(11-9-14)22-17-7-3-2-6-16(17)19/h2-3,6-11,20-21H,5,13H2,1H3. The molecular formula is C18H17FO3.